The molecule has 1 aliphatic carbocycles. The molecule has 1 aromatic carbocycles. The summed E-state index contributed by atoms with van der Waals surface area (Å²) in [6.45, 7) is 4.78. The molecule has 2 saturated heterocycles. The molecular formula is C23H29ClN4O3. The Morgan fingerprint density at radius 2 is 2.03 bits per heavy atom. The third kappa shape index (κ3) is 4.19. The Bertz CT molecular complexity index is 893. The molecule has 4 aliphatic rings. The van der Waals surface area contributed by atoms with Crippen molar-refractivity contribution in [2.45, 2.75) is 18.9 Å². The molecule has 4 atom stereocenters. The number of halogens is 1. The highest BCUT2D eigenvalue weighted by Crippen LogP contribution is 2.46. The number of carbonyl (C=O) groups excluding carboxylic acids is 2. The SMILES string of the molecule is CN1C=CC(N2CCN(c3ccc(NC(=O)C4CCOC4)cc3Cl)CC2)C2CC2C1=O. The van der Waals surface area contributed by atoms with Gasteiger partial charge in [0.05, 0.1) is 23.2 Å². The highest BCUT2D eigenvalue weighted by molar-refractivity contribution is 6.33. The summed E-state index contributed by atoms with van der Waals surface area (Å²) in [6, 6.07) is 6.09. The van der Waals surface area contributed by atoms with Gasteiger partial charge in [-0.1, -0.05) is 17.7 Å². The largest absolute Gasteiger partial charge is 0.381 e. The van der Waals surface area contributed by atoms with Crippen LogP contribution in [0.25, 0.3) is 0 Å². The van der Waals surface area contributed by atoms with Crippen molar-refractivity contribution in [3.05, 3.63) is 35.5 Å². The third-order valence-corrected chi connectivity index (χ3v) is 7.35. The molecule has 1 N–H and O–H groups in total. The number of piperazine rings is 1. The number of fused-ring (bicyclic) bond motifs is 1. The van der Waals surface area contributed by atoms with Crippen LogP contribution in [0.5, 0.6) is 0 Å². The van der Waals surface area contributed by atoms with Crippen LogP contribution in [0.1, 0.15) is 12.8 Å². The fraction of sp³-hybridized carbons (Fsp3) is 0.565. The minimum atomic E-state index is -0.0780. The number of rotatable bonds is 4. The Kier molecular flexibility index (Phi) is 5.67. The number of benzene rings is 1. The zero-order chi connectivity index (χ0) is 21.5. The average Bonchev–Trinajstić information content (AvgIpc) is 3.37. The predicted octanol–water partition coefficient (Wildman–Crippen LogP) is 2.43. The van der Waals surface area contributed by atoms with Gasteiger partial charge in [-0.2, -0.15) is 0 Å². The maximum atomic E-state index is 12.3. The molecule has 0 bridgehead atoms. The molecule has 7 nitrogen and oxygen atoms in total. The maximum Gasteiger partial charge on any atom is 0.229 e. The summed E-state index contributed by atoms with van der Waals surface area (Å²) in [5, 5.41) is 3.61. The van der Waals surface area contributed by atoms with E-state index in [-0.39, 0.29) is 23.7 Å². The fourth-order valence-corrected chi connectivity index (χ4v) is 5.35. The zero-order valence-corrected chi connectivity index (χ0v) is 18.6. The number of nitrogens with zero attached hydrogens (tertiary/aromatic N) is 3. The van der Waals surface area contributed by atoms with Gasteiger partial charge in [0.2, 0.25) is 11.8 Å². The molecule has 3 aliphatic heterocycles. The number of amides is 2. The summed E-state index contributed by atoms with van der Waals surface area (Å²) in [7, 11) is 1.85. The average molecular weight is 445 g/mol. The molecule has 166 valence electrons. The first-order valence-electron chi connectivity index (χ1n) is 11.1. The van der Waals surface area contributed by atoms with Crippen LogP contribution >= 0.6 is 11.6 Å². The third-order valence-electron chi connectivity index (χ3n) is 7.04. The molecular weight excluding hydrogens is 416 g/mol. The molecule has 1 saturated carbocycles. The van der Waals surface area contributed by atoms with Crippen LogP contribution < -0.4 is 10.2 Å². The molecule has 0 spiro atoms. The Hall–Kier alpha value is -2.09. The number of carbonyl (C=O) groups is 2. The molecule has 8 heteroatoms. The van der Waals surface area contributed by atoms with E-state index in [1.54, 1.807) is 4.90 Å². The number of hydrogen-bond donors (Lipinski definition) is 1. The Balaban J connectivity index is 1.19. The van der Waals surface area contributed by atoms with Crippen LogP contribution in [0, 0.1) is 17.8 Å². The smallest absolute Gasteiger partial charge is 0.229 e. The van der Waals surface area contributed by atoms with Gasteiger partial charge < -0.3 is 19.9 Å². The number of hydrogen-bond acceptors (Lipinski definition) is 5. The van der Waals surface area contributed by atoms with Crippen LogP contribution in [-0.4, -0.2) is 74.1 Å². The summed E-state index contributed by atoms with van der Waals surface area (Å²) in [5.74, 6) is 0.814. The van der Waals surface area contributed by atoms with Gasteiger partial charge in [-0.05, 0) is 37.0 Å². The van der Waals surface area contributed by atoms with Crippen LogP contribution in [0.15, 0.2) is 30.5 Å². The van der Waals surface area contributed by atoms with Gasteiger partial charge in [-0.3, -0.25) is 14.5 Å². The van der Waals surface area contributed by atoms with Crippen molar-refractivity contribution in [2.75, 3.05) is 56.7 Å². The van der Waals surface area contributed by atoms with Crippen LogP contribution in [0.2, 0.25) is 5.02 Å². The number of anilines is 2. The first kappa shape index (κ1) is 20.8. The lowest BCUT2D eigenvalue weighted by Gasteiger charge is -2.39. The minimum absolute atomic E-state index is 0.00565. The van der Waals surface area contributed by atoms with E-state index < -0.39 is 0 Å². The standard InChI is InChI=1S/C23H29ClN4O3/c1-26-6-4-20(17-13-18(17)23(26)30)27-7-9-28(10-8-27)21-3-2-16(12-19(21)24)25-22(29)15-5-11-31-14-15/h2-4,6,12,15,17-18,20H,5,7-11,13-14H2,1H3,(H,25,29). The van der Waals surface area contributed by atoms with Crippen molar-refractivity contribution in [2.24, 2.45) is 17.8 Å². The van der Waals surface area contributed by atoms with E-state index in [0.717, 1.165) is 50.4 Å². The van der Waals surface area contributed by atoms with Gasteiger partial charge >= 0.3 is 0 Å². The Morgan fingerprint density at radius 3 is 2.74 bits per heavy atom. The summed E-state index contributed by atoms with van der Waals surface area (Å²) in [5.41, 5.74) is 1.72. The van der Waals surface area contributed by atoms with E-state index in [1.165, 1.54) is 0 Å². The predicted molar refractivity (Wildman–Crippen MR) is 120 cm³/mol. The first-order valence-corrected chi connectivity index (χ1v) is 11.5. The highest BCUT2D eigenvalue weighted by atomic mass is 35.5. The van der Waals surface area contributed by atoms with Crippen molar-refractivity contribution in [3.63, 3.8) is 0 Å². The topological polar surface area (TPSA) is 65.1 Å². The van der Waals surface area contributed by atoms with Gasteiger partial charge in [-0.15, -0.1) is 0 Å². The van der Waals surface area contributed by atoms with Gasteiger partial charge in [0.15, 0.2) is 0 Å². The zero-order valence-electron chi connectivity index (χ0n) is 17.8. The van der Waals surface area contributed by atoms with Crippen molar-refractivity contribution in [3.8, 4) is 0 Å². The van der Waals surface area contributed by atoms with E-state index >= 15 is 0 Å². The molecule has 1 aromatic rings. The lowest BCUT2D eigenvalue weighted by Crippen LogP contribution is -2.50. The fourth-order valence-electron chi connectivity index (χ4n) is 5.05. The second kappa shape index (κ2) is 8.45. The van der Waals surface area contributed by atoms with Crippen molar-refractivity contribution in [1.82, 2.24) is 9.80 Å². The molecule has 2 amide bonds. The molecule has 31 heavy (non-hydrogen) atoms. The van der Waals surface area contributed by atoms with Gasteiger partial charge in [0.25, 0.3) is 0 Å². The Morgan fingerprint density at radius 1 is 1.23 bits per heavy atom. The van der Waals surface area contributed by atoms with E-state index in [1.807, 2.05) is 31.4 Å². The van der Waals surface area contributed by atoms with E-state index in [0.29, 0.717) is 30.2 Å². The van der Waals surface area contributed by atoms with Crippen LogP contribution in [0.4, 0.5) is 11.4 Å². The number of nitrogens with one attached hydrogen (secondary N) is 1. The molecule has 3 heterocycles. The normalized spacial score (nSPS) is 30.8. The Labute approximate surface area is 187 Å². The first-order chi connectivity index (χ1) is 15.0. The summed E-state index contributed by atoms with van der Waals surface area (Å²) in [4.78, 5) is 31.1. The molecule has 3 fully saturated rings. The lowest BCUT2D eigenvalue weighted by molar-refractivity contribution is -0.129. The van der Waals surface area contributed by atoms with E-state index in [2.05, 4.69) is 21.2 Å². The summed E-state index contributed by atoms with van der Waals surface area (Å²) in [6.07, 6.45) is 5.91. The summed E-state index contributed by atoms with van der Waals surface area (Å²) < 4.78 is 5.30. The van der Waals surface area contributed by atoms with Crippen molar-refractivity contribution < 1.29 is 14.3 Å². The van der Waals surface area contributed by atoms with Crippen molar-refractivity contribution in [1.29, 1.82) is 0 Å². The molecule has 0 radical (unpaired) electrons. The van der Waals surface area contributed by atoms with Crippen LogP contribution in [-0.2, 0) is 14.3 Å². The van der Waals surface area contributed by atoms with E-state index in [9.17, 15) is 9.59 Å². The lowest BCUT2D eigenvalue weighted by atomic mass is 10.1. The molecule has 5 rings (SSSR count). The van der Waals surface area contributed by atoms with Gasteiger partial charge in [-0.25, -0.2) is 0 Å². The quantitative estimate of drug-likeness (QED) is 0.772. The van der Waals surface area contributed by atoms with Crippen LogP contribution in [0.3, 0.4) is 0 Å². The van der Waals surface area contributed by atoms with Crippen molar-refractivity contribution >= 4 is 34.8 Å². The van der Waals surface area contributed by atoms with Gasteiger partial charge in [0.1, 0.15) is 0 Å². The number of ether oxygens (including phenoxy) is 1. The second-order valence-corrected chi connectivity index (χ2v) is 9.43. The monoisotopic (exact) mass is 444 g/mol. The van der Waals surface area contributed by atoms with E-state index in [4.69, 9.17) is 16.3 Å². The maximum absolute atomic E-state index is 12.3. The molecule has 4 unspecified atom stereocenters. The summed E-state index contributed by atoms with van der Waals surface area (Å²) >= 11 is 6.59. The second-order valence-electron chi connectivity index (χ2n) is 9.03. The van der Waals surface area contributed by atoms with Gasteiger partial charge in [0, 0.05) is 63.7 Å². The molecule has 0 aromatic heterocycles. The minimum Gasteiger partial charge on any atom is -0.381 e. The highest BCUT2D eigenvalue weighted by Gasteiger charge is 2.50.